The average Bonchev–Trinajstić information content (AvgIpc) is 2.79. The van der Waals surface area contributed by atoms with E-state index in [4.69, 9.17) is 17.3 Å². The third-order valence-corrected chi connectivity index (χ3v) is 3.44. The van der Waals surface area contributed by atoms with E-state index in [9.17, 15) is 0 Å². The molecule has 0 radical (unpaired) electrons. The van der Waals surface area contributed by atoms with Crippen molar-refractivity contribution in [3.8, 4) is 0 Å². The number of nitrogens with two attached hydrogens (primary N) is 1. The summed E-state index contributed by atoms with van der Waals surface area (Å²) >= 11 is 5.83. The molecule has 0 aliphatic heterocycles. The Bertz CT molecular complexity index is 302. The lowest BCUT2D eigenvalue weighted by Crippen LogP contribution is -2.17. The third-order valence-electron chi connectivity index (χ3n) is 3.18. The van der Waals surface area contributed by atoms with Gasteiger partial charge in [-0.25, -0.2) is 0 Å². The lowest BCUT2D eigenvalue weighted by atomic mass is 9.92. The molecule has 0 heterocycles. The van der Waals surface area contributed by atoms with Crippen LogP contribution in [0.5, 0.6) is 0 Å². The normalized spacial score (nSPS) is 31.8. The van der Waals surface area contributed by atoms with Crippen molar-refractivity contribution in [3.63, 3.8) is 0 Å². The molecule has 2 heteroatoms. The van der Waals surface area contributed by atoms with Crippen molar-refractivity contribution in [2.24, 2.45) is 5.73 Å². The highest BCUT2D eigenvalue weighted by atomic mass is 35.5. The van der Waals surface area contributed by atoms with Gasteiger partial charge in [0.15, 0.2) is 0 Å². The van der Waals surface area contributed by atoms with Crippen LogP contribution in [0.25, 0.3) is 0 Å². The molecule has 0 spiro atoms. The Morgan fingerprint density at radius 2 is 2.00 bits per heavy atom. The molecule has 2 atom stereocenters. The van der Waals surface area contributed by atoms with E-state index in [2.05, 4.69) is 19.1 Å². The Hall–Kier alpha value is -0.530. The first-order valence-electron chi connectivity index (χ1n) is 4.70. The van der Waals surface area contributed by atoms with E-state index in [1.165, 1.54) is 5.56 Å². The molecular formula is C11H14ClN. The lowest BCUT2D eigenvalue weighted by Gasteiger charge is -2.13. The number of hydrogen-bond acceptors (Lipinski definition) is 1. The van der Waals surface area contributed by atoms with Gasteiger partial charge in [-0.3, -0.25) is 0 Å². The average molecular weight is 196 g/mol. The maximum atomic E-state index is 5.95. The Kier molecular flexibility index (Phi) is 2.09. The summed E-state index contributed by atoms with van der Waals surface area (Å²) in [4.78, 5) is 0. The topological polar surface area (TPSA) is 26.0 Å². The second-order valence-corrected chi connectivity index (χ2v) is 4.26. The molecule has 2 rings (SSSR count). The minimum atomic E-state index is 0.255. The van der Waals surface area contributed by atoms with Crippen LogP contribution < -0.4 is 5.73 Å². The van der Waals surface area contributed by atoms with E-state index in [1.807, 2.05) is 12.1 Å². The van der Waals surface area contributed by atoms with Gasteiger partial charge in [-0.05, 0) is 30.5 Å². The molecular weight excluding hydrogens is 182 g/mol. The smallest absolute Gasteiger partial charge is 0.0406 e. The van der Waals surface area contributed by atoms with Crippen molar-refractivity contribution in [3.05, 3.63) is 34.9 Å². The maximum Gasteiger partial charge on any atom is 0.0406 e. The molecule has 2 N–H and O–H groups in total. The maximum absolute atomic E-state index is 5.95. The second kappa shape index (κ2) is 3.00. The molecule has 13 heavy (non-hydrogen) atoms. The summed E-state index contributed by atoms with van der Waals surface area (Å²) in [6.07, 6.45) is 2.24. The minimum Gasteiger partial charge on any atom is -0.327 e. The Balaban J connectivity index is 2.31. The van der Waals surface area contributed by atoms with Crippen LogP contribution in [0.1, 0.15) is 25.3 Å². The SMILES string of the molecule is CCC1(c2ccc(Cl)cc2)CC1N. The first-order valence-corrected chi connectivity index (χ1v) is 5.08. The van der Waals surface area contributed by atoms with Gasteiger partial charge < -0.3 is 5.73 Å². The quantitative estimate of drug-likeness (QED) is 0.772. The van der Waals surface area contributed by atoms with Gasteiger partial charge in [-0.15, -0.1) is 0 Å². The van der Waals surface area contributed by atoms with Crippen molar-refractivity contribution in [2.45, 2.75) is 31.2 Å². The van der Waals surface area contributed by atoms with Gasteiger partial charge in [0.05, 0.1) is 0 Å². The van der Waals surface area contributed by atoms with E-state index in [0.29, 0.717) is 6.04 Å². The fourth-order valence-electron chi connectivity index (χ4n) is 2.06. The van der Waals surface area contributed by atoms with Gasteiger partial charge in [-0.2, -0.15) is 0 Å². The molecule has 1 aromatic rings. The molecule has 0 amide bonds. The molecule has 0 aromatic heterocycles. The zero-order valence-electron chi connectivity index (χ0n) is 7.76. The number of benzene rings is 1. The van der Waals surface area contributed by atoms with Crippen molar-refractivity contribution in [1.82, 2.24) is 0 Å². The van der Waals surface area contributed by atoms with Crippen LogP contribution in [0.15, 0.2) is 24.3 Å². The molecule has 2 unspecified atom stereocenters. The fraction of sp³-hybridized carbons (Fsp3) is 0.455. The van der Waals surface area contributed by atoms with Crippen LogP contribution >= 0.6 is 11.6 Å². The van der Waals surface area contributed by atoms with Crippen molar-refractivity contribution >= 4 is 11.6 Å². The molecule has 1 aliphatic carbocycles. The summed E-state index contributed by atoms with van der Waals surface area (Å²) in [6.45, 7) is 2.20. The largest absolute Gasteiger partial charge is 0.327 e. The number of hydrogen-bond donors (Lipinski definition) is 1. The predicted octanol–water partition coefficient (Wildman–Crippen LogP) is 2.72. The van der Waals surface area contributed by atoms with E-state index in [0.717, 1.165) is 17.9 Å². The van der Waals surface area contributed by atoms with Gasteiger partial charge in [0, 0.05) is 16.5 Å². The van der Waals surface area contributed by atoms with Gasteiger partial charge in [-0.1, -0.05) is 30.7 Å². The van der Waals surface area contributed by atoms with Crippen LogP contribution in [-0.4, -0.2) is 6.04 Å². The highest BCUT2D eigenvalue weighted by molar-refractivity contribution is 6.30. The zero-order chi connectivity index (χ0) is 9.47. The summed E-state index contributed by atoms with van der Waals surface area (Å²) in [5.74, 6) is 0. The van der Waals surface area contributed by atoms with E-state index >= 15 is 0 Å². The van der Waals surface area contributed by atoms with Crippen LogP contribution in [0.2, 0.25) is 5.02 Å². The monoisotopic (exact) mass is 195 g/mol. The van der Waals surface area contributed by atoms with Crippen molar-refractivity contribution < 1.29 is 0 Å². The van der Waals surface area contributed by atoms with Gasteiger partial charge in [0.25, 0.3) is 0 Å². The summed E-state index contributed by atoms with van der Waals surface area (Å²) < 4.78 is 0. The Morgan fingerprint density at radius 3 is 2.38 bits per heavy atom. The molecule has 1 nitrogen and oxygen atoms in total. The van der Waals surface area contributed by atoms with Gasteiger partial charge in [0.2, 0.25) is 0 Å². The van der Waals surface area contributed by atoms with E-state index in [-0.39, 0.29) is 5.41 Å². The summed E-state index contributed by atoms with van der Waals surface area (Å²) in [5, 5.41) is 0.796. The van der Waals surface area contributed by atoms with Crippen LogP contribution in [-0.2, 0) is 5.41 Å². The molecule has 70 valence electrons. The summed E-state index contributed by atoms with van der Waals surface area (Å²) in [6, 6.07) is 8.43. The Labute approximate surface area is 83.9 Å². The van der Waals surface area contributed by atoms with Crippen LogP contribution in [0.3, 0.4) is 0 Å². The molecule has 1 aromatic carbocycles. The first kappa shape index (κ1) is 9.04. The highest BCUT2D eigenvalue weighted by Crippen LogP contribution is 2.49. The molecule has 1 saturated carbocycles. The van der Waals surface area contributed by atoms with Gasteiger partial charge in [0.1, 0.15) is 0 Å². The molecule has 1 fully saturated rings. The molecule has 0 bridgehead atoms. The zero-order valence-corrected chi connectivity index (χ0v) is 8.51. The molecule has 0 saturated heterocycles. The number of rotatable bonds is 2. The molecule has 1 aliphatic rings. The van der Waals surface area contributed by atoms with Crippen molar-refractivity contribution in [2.75, 3.05) is 0 Å². The Morgan fingerprint density at radius 1 is 1.46 bits per heavy atom. The highest BCUT2D eigenvalue weighted by Gasteiger charge is 2.51. The summed E-state index contributed by atoms with van der Waals surface area (Å²) in [5.41, 5.74) is 7.54. The van der Waals surface area contributed by atoms with Crippen LogP contribution in [0, 0.1) is 0 Å². The second-order valence-electron chi connectivity index (χ2n) is 3.83. The predicted molar refractivity (Wildman–Crippen MR) is 56.0 cm³/mol. The van der Waals surface area contributed by atoms with Crippen LogP contribution in [0.4, 0.5) is 0 Å². The summed E-state index contributed by atoms with van der Waals surface area (Å²) in [7, 11) is 0. The minimum absolute atomic E-state index is 0.255. The first-order chi connectivity index (χ1) is 6.19. The standard InChI is InChI=1S/C11H14ClN/c1-2-11(7-10(11)13)8-3-5-9(12)6-4-8/h3-6,10H,2,7,13H2,1H3. The third kappa shape index (κ3) is 1.36. The van der Waals surface area contributed by atoms with Gasteiger partial charge >= 0.3 is 0 Å². The fourth-order valence-corrected chi connectivity index (χ4v) is 2.18. The van der Waals surface area contributed by atoms with E-state index in [1.54, 1.807) is 0 Å². The lowest BCUT2D eigenvalue weighted by molar-refractivity contribution is 0.635. The number of halogens is 1. The van der Waals surface area contributed by atoms with E-state index < -0.39 is 0 Å². The van der Waals surface area contributed by atoms with Crippen molar-refractivity contribution in [1.29, 1.82) is 0 Å².